The fourth-order valence-electron chi connectivity index (χ4n) is 2.45. The van der Waals surface area contributed by atoms with Crippen LogP contribution < -0.4 is 5.32 Å². The fourth-order valence-corrected chi connectivity index (χ4v) is 2.95. The highest BCUT2D eigenvalue weighted by Gasteiger charge is 2.33. The lowest BCUT2D eigenvalue weighted by Gasteiger charge is -2.36. The van der Waals surface area contributed by atoms with Gasteiger partial charge in [-0.2, -0.15) is 5.10 Å². The molecule has 1 rings (SSSR count). The summed E-state index contributed by atoms with van der Waals surface area (Å²) in [5.41, 5.74) is 2.08. The second-order valence-corrected chi connectivity index (χ2v) is 6.34. The predicted octanol–water partition coefficient (Wildman–Crippen LogP) is 3.22. The van der Waals surface area contributed by atoms with Gasteiger partial charge in [0.25, 0.3) is 0 Å². The van der Waals surface area contributed by atoms with Crippen molar-refractivity contribution in [2.24, 2.45) is 7.05 Å². The van der Waals surface area contributed by atoms with Gasteiger partial charge in [-0.15, -0.1) is 0 Å². The van der Waals surface area contributed by atoms with E-state index in [9.17, 15) is 0 Å². The molecule has 0 fully saturated rings. The number of nitrogens with zero attached hydrogens (tertiary/aromatic N) is 2. The zero-order chi connectivity index (χ0) is 15.3. The first-order chi connectivity index (χ1) is 9.39. The number of nitrogens with one attached hydrogen (secondary N) is 1. The molecule has 5 heteroatoms. The molecular weight excluding hydrogens is 318 g/mol. The molecule has 4 nitrogen and oxygen atoms in total. The van der Waals surface area contributed by atoms with Crippen LogP contribution in [-0.4, -0.2) is 35.1 Å². The summed E-state index contributed by atoms with van der Waals surface area (Å²) in [6, 6.07) is 0.267. The van der Waals surface area contributed by atoms with Crippen molar-refractivity contribution in [1.82, 2.24) is 15.1 Å². The molecule has 116 valence electrons. The minimum Gasteiger partial charge on any atom is -0.377 e. The van der Waals surface area contributed by atoms with E-state index < -0.39 is 0 Å². The topological polar surface area (TPSA) is 39.1 Å². The maximum Gasteiger partial charge on any atom is 0.0804 e. The summed E-state index contributed by atoms with van der Waals surface area (Å²) in [6.45, 7) is 9.56. The van der Waals surface area contributed by atoms with Gasteiger partial charge in [-0.25, -0.2) is 0 Å². The van der Waals surface area contributed by atoms with E-state index in [0.29, 0.717) is 0 Å². The van der Waals surface area contributed by atoms with E-state index in [-0.39, 0.29) is 11.6 Å². The van der Waals surface area contributed by atoms with Crippen LogP contribution in [0.2, 0.25) is 0 Å². The molecule has 0 aromatic carbocycles. The van der Waals surface area contributed by atoms with Gasteiger partial charge in [0.2, 0.25) is 0 Å². The normalized spacial score (nSPS) is 16.1. The van der Waals surface area contributed by atoms with Crippen LogP contribution in [0.15, 0.2) is 4.47 Å². The van der Waals surface area contributed by atoms with E-state index in [4.69, 9.17) is 4.74 Å². The SMILES string of the molecule is CCCNC(Cc1c(Br)c(C)nn1C)C(C)(CC)OC. The van der Waals surface area contributed by atoms with Crippen LogP contribution in [0.1, 0.15) is 45.0 Å². The maximum atomic E-state index is 5.80. The second-order valence-electron chi connectivity index (χ2n) is 5.55. The van der Waals surface area contributed by atoms with Crippen molar-refractivity contribution in [2.75, 3.05) is 13.7 Å². The first-order valence-corrected chi connectivity index (χ1v) is 8.15. The molecule has 2 atom stereocenters. The highest BCUT2D eigenvalue weighted by atomic mass is 79.9. The first-order valence-electron chi connectivity index (χ1n) is 7.36. The lowest BCUT2D eigenvalue weighted by Crippen LogP contribution is -2.51. The summed E-state index contributed by atoms with van der Waals surface area (Å²) in [5, 5.41) is 8.12. The Morgan fingerprint density at radius 1 is 1.45 bits per heavy atom. The number of hydrogen-bond donors (Lipinski definition) is 1. The molecule has 1 N–H and O–H groups in total. The van der Waals surface area contributed by atoms with Crippen molar-refractivity contribution in [3.8, 4) is 0 Å². The zero-order valence-electron chi connectivity index (χ0n) is 13.6. The highest BCUT2D eigenvalue weighted by Crippen LogP contribution is 2.27. The maximum absolute atomic E-state index is 5.80. The minimum absolute atomic E-state index is 0.174. The molecule has 1 aromatic heterocycles. The van der Waals surface area contributed by atoms with E-state index in [1.54, 1.807) is 7.11 Å². The molecule has 1 heterocycles. The summed E-state index contributed by atoms with van der Waals surface area (Å²) in [5.74, 6) is 0. The van der Waals surface area contributed by atoms with Crippen molar-refractivity contribution in [3.05, 3.63) is 15.9 Å². The van der Waals surface area contributed by atoms with Crippen molar-refractivity contribution >= 4 is 15.9 Å². The molecule has 2 unspecified atom stereocenters. The first kappa shape index (κ1) is 17.7. The molecule has 0 saturated carbocycles. The van der Waals surface area contributed by atoms with Crippen LogP contribution in [0, 0.1) is 6.92 Å². The third kappa shape index (κ3) is 3.83. The molecule has 0 bridgehead atoms. The number of aryl methyl sites for hydroxylation is 2. The van der Waals surface area contributed by atoms with Crippen LogP contribution in [0.4, 0.5) is 0 Å². The quantitative estimate of drug-likeness (QED) is 0.786. The van der Waals surface area contributed by atoms with Gasteiger partial charge >= 0.3 is 0 Å². The van der Waals surface area contributed by atoms with E-state index in [0.717, 1.165) is 36.0 Å². The number of hydrogen-bond acceptors (Lipinski definition) is 3. The van der Waals surface area contributed by atoms with Gasteiger partial charge in [0, 0.05) is 26.6 Å². The Labute approximate surface area is 131 Å². The molecule has 0 spiro atoms. The third-order valence-corrected chi connectivity index (χ3v) is 5.24. The largest absolute Gasteiger partial charge is 0.377 e. The lowest BCUT2D eigenvalue weighted by atomic mass is 9.89. The zero-order valence-corrected chi connectivity index (χ0v) is 15.2. The second kappa shape index (κ2) is 7.57. The summed E-state index contributed by atoms with van der Waals surface area (Å²) in [7, 11) is 3.80. The minimum atomic E-state index is -0.174. The van der Waals surface area contributed by atoms with Gasteiger partial charge < -0.3 is 10.1 Å². The van der Waals surface area contributed by atoms with Crippen LogP contribution in [0.5, 0.6) is 0 Å². The van der Waals surface area contributed by atoms with Gasteiger partial charge in [0.05, 0.1) is 21.5 Å². The Bertz CT molecular complexity index is 427. The van der Waals surface area contributed by atoms with Gasteiger partial charge in [-0.1, -0.05) is 13.8 Å². The number of aromatic nitrogens is 2. The highest BCUT2D eigenvalue weighted by molar-refractivity contribution is 9.10. The van der Waals surface area contributed by atoms with Gasteiger partial charge in [-0.05, 0) is 49.2 Å². The molecule has 0 saturated heterocycles. The average Bonchev–Trinajstić information content (AvgIpc) is 2.68. The average molecular weight is 346 g/mol. The molecule has 0 aliphatic rings. The molecule has 0 amide bonds. The fraction of sp³-hybridized carbons (Fsp3) is 0.800. The van der Waals surface area contributed by atoms with Crippen molar-refractivity contribution < 1.29 is 4.74 Å². The Kier molecular flexibility index (Phi) is 6.69. The standard InChI is InChI=1S/C15H28BrN3O/c1-7-9-17-13(15(4,8-2)20-6)10-12-14(16)11(3)18-19(12)5/h13,17H,7-10H2,1-6H3. The van der Waals surface area contributed by atoms with Gasteiger partial charge in [0.15, 0.2) is 0 Å². The van der Waals surface area contributed by atoms with E-state index in [2.05, 4.69) is 47.1 Å². The van der Waals surface area contributed by atoms with Crippen molar-refractivity contribution in [2.45, 2.75) is 58.6 Å². The number of halogens is 1. The van der Waals surface area contributed by atoms with Crippen molar-refractivity contribution in [3.63, 3.8) is 0 Å². The monoisotopic (exact) mass is 345 g/mol. The van der Waals surface area contributed by atoms with Crippen molar-refractivity contribution in [1.29, 1.82) is 0 Å². The van der Waals surface area contributed by atoms with Gasteiger partial charge in [-0.3, -0.25) is 4.68 Å². The smallest absolute Gasteiger partial charge is 0.0804 e. The Morgan fingerprint density at radius 3 is 2.50 bits per heavy atom. The van der Waals surface area contributed by atoms with Crippen LogP contribution >= 0.6 is 15.9 Å². The summed E-state index contributed by atoms with van der Waals surface area (Å²) < 4.78 is 8.87. The molecular formula is C15H28BrN3O. The summed E-state index contributed by atoms with van der Waals surface area (Å²) >= 11 is 3.66. The molecule has 0 radical (unpaired) electrons. The number of ether oxygens (including phenoxy) is 1. The van der Waals surface area contributed by atoms with E-state index in [1.165, 1.54) is 5.69 Å². The number of methoxy groups -OCH3 is 1. The molecule has 20 heavy (non-hydrogen) atoms. The summed E-state index contributed by atoms with van der Waals surface area (Å²) in [4.78, 5) is 0. The van der Waals surface area contributed by atoms with Crippen LogP contribution in [0.3, 0.4) is 0 Å². The van der Waals surface area contributed by atoms with E-state index in [1.807, 2.05) is 18.7 Å². The lowest BCUT2D eigenvalue weighted by molar-refractivity contribution is -0.0291. The van der Waals surface area contributed by atoms with Crippen LogP contribution in [-0.2, 0) is 18.2 Å². The number of rotatable bonds is 8. The summed E-state index contributed by atoms with van der Waals surface area (Å²) in [6.07, 6.45) is 2.99. The third-order valence-electron chi connectivity index (χ3n) is 4.21. The Hall–Kier alpha value is -0.390. The molecule has 0 aliphatic heterocycles. The molecule has 1 aromatic rings. The predicted molar refractivity (Wildman–Crippen MR) is 87.1 cm³/mol. The van der Waals surface area contributed by atoms with E-state index >= 15 is 0 Å². The van der Waals surface area contributed by atoms with Crippen LogP contribution in [0.25, 0.3) is 0 Å². The van der Waals surface area contributed by atoms with Gasteiger partial charge in [0.1, 0.15) is 0 Å². The molecule has 0 aliphatic carbocycles. The Balaban J connectivity index is 3.00. The Morgan fingerprint density at radius 2 is 2.10 bits per heavy atom.